The first kappa shape index (κ1) is 23.9. The lowest BCUT2D eigenvalue weighted by atomic mass is 9.73. The Morgan fingerprint density at radius 3 is 1.75 bits per heavy atom. The van der Waals surface area contributed by atoms with Crippen LogP contribution in [0.25, 0.3) is 0 Å². The second-order valence-corrected chi connectivity index (χ2v) is 10.6. The van der Waals surface area contributed by atoms with Crippen LogP contribution in [0.5, 0.6) is 0 Å². The van der Waals surface area contributed by atoms with Crippen molar-refractivity contribution in [3.8, 4) is 0 Å². The minimum atomic E-state index is -0.194. The van der Waals surface area contributed by atoms with E-state index in [2.05, 4.69) is 69.2 Å². The zero-order valence-electron chi connectivity index (χ0n) is 18.4. The lowest BCUT2D eigenvalue weighted by Crippen LogP contribution is -2.45. The first-order chi connectivity index (χ1) is 10.5. The number of rotatable bonds is 10. The topological polar surface area (TPSA) is 44.5 Å². The van der Waals surface area contributed by atoms with Crippen LogP contribution in [0.15, 0.2) is 0 Å². The van der Waals surface area contributed by atoms with E-state index >= 15 is 0 Å². The molecule has 0 radical (unpaired) electrons. The fraction of sp³-hybridized carbons (Fsp3) is 1.00. The summed E-state index contributed by atoms with van der Waals surface area (Å²) in [5, 5.41) is 0. The standard InChI is InChI=1S/C21H45NO2/c1-16(22)14-20(8,9)24-17(2)15-19(6,7)21(10,11)23-13-12-18(3,4)5/h16-17H,12-15,22H2,1-11H3. The van der Waals surface area contributed by atoms with Crippen LogP contribution < -0.4 is 5.73 Å². The summed E-state index contributed by atoms with van der Waals surface area (Å²) >= 11 is 0. The molecule has 0 saturated carbocycles. The zero-order valence-corrected chi connectivity index (χ0v) is 18.4. The fourth-order valence-electron chi connectivity index (χ4n) is 3.18. The van der Waals surface area contributed by atoms with Gasteiger partial charge in [0.25, 0.3) is 0 Å². The molecule has 0 spiro atoms. The molecule has 2 N–H and O–H groups in total. The third-order valence-electron chi connectivity index (χ3n) is 5.08. The molecule has 0 aromatic carbocycles. The number of nitrogens with two attached hydrogens (primary N) is 1. The minimum absolute atomic E-state index is 0.0225. The second-order valence-electron chi connectivity index (χ2n) is 10.6. The van der Waals surface area contributed by atoms with Crippen molar-refractivity contribution >= 4 is 0 Å². The molecule has 0 heterocycles. The Morgan fingerprint density at radius 2 is 1.33 bits per heavy atom. The molecular weight excluding hydrogens is 298 g/mol. The summed E-state index contributed by atoms with van der Waals surface area (Å²) in [4.78, 5) is 0. The molecule has 0 aliphatic carbocycles. The predicted octanol–water partition coefficient (Wildman–Crippen LogP) is 5.56. The Balaban J connectivity index is 4.68. The highest BCUT2D eigenvalue weighted by molar-refractivity contribution is 4.90. The molecule has 0 rings (SSSR count). The number of hydrogen-bond donors (Lipinski definition) is 1. The lowest BCUT2D eigenvalue weighted by molar-refractivity contribution is -0.138. The van der Waals surface area contributed by atoms with Gasteiger partial charge in [-0.15, -0.1) is 0 Å². The Labute approximate surface area is 152 Å². The molecule has 0 aliphatic rings. The number of ether oxygens (including phenoxy) is 2. The van der Waals surface area contributed by atoms with Gasteiger partial charge < -0.3 is 15.2 Å². The Morgan fingerprint density at radius 1 is 0.833 bits per heavy atom. The van der Waals surface area contributed by atoms with Gasteiger partial charge in [0.15, 0.2) is 0 Å². The van der Waals surface area contributed by atoms with Crippen molar-refractivity contribution in [1.29, 1.82) is 0 Å². The second kappa shape index (κ2) is 8.51. The minimum Gasteiger partial charge on any atom is -0.375 e. The van der Waals surface area contributed by atoms with Gasteiger partial charge in [-0.25, -0.2) is 0 Å². The highest BCUT2D eigenvalue weighted by Crippen LogP contribution is 2.40. The fourth-order valence-corrected chi connectivity index (χ4v) is 3.18. The largest absolute Gasteiger partial charge is 0.375 e. The summed E-state index contributed by atoms with van der Waals surface area (Å²) in [6.07, 6.45) is 3.06. The maximum Gasteiger partial charge on any atom is 0.0678 e. The molecular formula is C21H45NO2. The predicted molar refractivity (Wildman–Crippen MR) is 105 cm³/mol. The average molecular weight is 344 g/mol. The normalized spacial score (nSPS) is 17.0. The summed E-state index contributed by atoms with van der Waals surface area (Å²) in [5.41, 5.74) is 5.88. The third kappa shape index (κ3) is 9.39. The highest BCUT2D eigenvalue weighted by Gasteiger charge is 2.40. The average Bonchev–Trinajstić information content (AvgIpc) is 2.21. The molecule has 3 heteroatoms. The van der Waals surface area contributed by atoms with Crippen LogP contribution in [0, 0.1) is 10.8 Å². The van der Waals surface area contributed by atoms with Crippen molar-refractivity contribution in [1.82, 2.24) is 0 Å². The summed E-state index contributed by atoms with van der Waals surface area (Å²) in [5.74, 6) is 0. The van der Waals surface area contributed by atoms with Crippen LogP contribution in [0.3, 0.4) is 0 Å². The summed E-state index contributed by atoms with van der Waals surface area (Å²) in [7, 11) is 0. The van der Waals surface area contributed by atoms with Crippen molar-refractivity contribution in [3.05, 3.63) is 0 Å². The maximum atomic E-state index is 6.30. The van der Waals surface area contributed by atoms with Crippen LogP contribution in [-0.4, -0.2) is 30.0 Å². The van der Waals surface area contributed by atoms with Gasteiger partial charge in [-0.1, -0.05) is 34.6 Å². The smallest absolute Gasteiger partial charge is 0.0678 e. The van der Waals surface area contributed by atoms with Gasteiger partial charge in [-0.2, -0.15) is 0 Å². The highest BCUT2D eigenvalue weighted by atomic mass is 16.5. The van der Waals surface area contributed by atoms with Crippen LogP contribution in [0.4, 0.5) is 0 Å². The molecule has 0 aromatic rings. The third-order valence-corrected chi connectivity index (χ3v) is 5.08. The van der Waals surface area contributed by atoms with Gasteiger partial charge in [0.2, 0.25) is 0 Å². The van der Waals surface area contributed by atoms with Crippen molar-refractivity contribution in [2.45, 2.75) is 119 Å². The van der Waals surface area contributed by atoms with Gasteiger partial charge in [-0.05, 0) is 71.6 Å². The molecule has 0 bridgehead atoms. The molecule has 0 amide bonds. The van der Waals surface area contributed by atoms with Crippen LogP contribution in [0.2, 0.25) is 0 Å². The Hall–Kier alpha value is -0.120. The van der Waals surface area contributed by atoms with Gasteiger partial charge in [-0.3, -0.25) is 0 Å². The van der Waals surface area contributed by atoms with E-state index in [0.717, 1.165) is 25.9 Å². The van der Waals surface area contributed by atoms with E-state index in [1.165, 1.54) is 0 Å². The zero-order chi connectivity index (χ0) is 19.4. The Bertz CT molecular complexity index is 365. The van der Waals surface area contributed by atoms with Gasteiger partial charge >= 0.3 is 0 Å². The molecule has 2 atom stereocenters. The molecule has 2 unspecified atom stereocenters. The monoisotopic (exact) mass is 343 g/mol. The quantitative estimate of drug-likeness (QED) is 0.565. The molecule has 0 fully saturated rings. The molecule has 0 aromatic heterocycles. The van der Waals surface area contributed by atoms with E-state index in [9.17, 15) is 0 Å². The van der Waals surface area contributed by atoms with Gasteiger partial charge in [0.05, 0.1) is 17.3 Å². The van der Waals surface area contributed by atoms with E-state index < -0.39 is 0 Å². The molecule has 146 valence electrons. The van der Waals surface area contributed by atoms with Crippen molar-refractivity contribution in [3.63, 3.8) is 0 Å². The van der Waals surface area contributed by atoms with E-state index in [-0.39, 0.29) is 28.8 Å². The lowest BCUT2D eigenvalue weighted by Gasteiger charge is -2.44. The van der Waals surface area contributed by atoms with Gasteiger partial charge in [0, 0.05) is 12.6 Å². The summed E-state index contributed by atoms with van der Waals surface area (Å²) in [6.45, 7) is 25.0. The van der Waals surface area contributed by atoms with E-state index in [1.54, 1.807) is 0 Å². The molecule has 24 heavy (non-hydrogen) atoms. The van der Waals surface area contributed by atoms with E-state index in [0.29, 0.717) is 5.41 Å². The van der Waals surface area contributed by atoms with Crippen LogP contribution in [-0.2, 0) is 9.47 Å². The van der Waals surface area contributed by atoms with Crippen LogP contribution >= 0.6 is 0 Å². The summed E-state index contributed by atoms with van der Waals surface area (Å²) in [6, 6.07) is 0.150. The first-order valence-corrected chi connectivity index (χ1v) is 9.55. The van der Waals surface area contributed by atoms with E-state index in [4.69, 9.17) is 15.2 Å². The summed E-state index contributed by atoms with van der Waals surface area (Å²) < 4.78 is 12.6. The van der Waals surface area contributed by atoms with Crippen molar-refractivity contribution in [2.24, 2.45) is 16.6 Å². The molecule has 3 nitrogen and oxygen atoms in total. The van der Waals surface area contributed by atoms with Crippen molar-refractivity contribution < 1.29 is 9.47 Å². The van der Waals surface area contributed by atoms with Gasteiger partial charge in [0.1, 0.15) is 0 Å². The van der Waals surface area contributed by atoms with E-state index in [1.807, 2.05) is 6.92 Å². The Kier molecular flexibility index (Phi) is 8.47. The molecule has 0 aliphatic heterocycles. The molecule has 0 saturated heterocycles. The number of hydrogen-bond acceptors (Lipinski definition) is 3. The van der Waals surface area contributed by atoms with Crippen molar-refractivity contribution in [2.75, 3.05) is 6.61 Å². The van der Waals surface area contributed by atoms with Crippen LogP contribution in [0.1, 0.15) is 95.4 Å². The first-order valence-electron chi connectivity index (χ1n) is 9.55. The maximum absolute atomic E-state index is 6.30. The SMILES string of the molecule is CC(N)CC(C)(C)OC(C)CC(C)(C)C(C)(C)OCCC(C)(C)C.